The van der Waals surface area contributed by atoms with Gasteiger partial charge in [-0.2, -0.15) is 4.99 Å². The van der Waals surface area contributed by atoms with E-state index in [1.54, 1.807) is 6.08 Å². The lowest BCUT2D eigenvalue weighted by Crippen LogP contribution is -2.51. The van der Waals surface area contributed by atoms with Crippen molar-refractivity contribution >= 4 is 41.1 Å². The average Bonchev–Trinajstić information content (AvgIpc) is 2.93. The van der Waals surface area contributed by atoms with Gasteiger partial charge in [0.25, 0.3) is 5.91 Å². The Morgan fingerprint density at radius 1 is 1.35 bits per heavy atom. The predicted molar refractivity (Wildman–Crippen MR) is 76.3 cm³/mol. The molecule has 1 aliphatic heterocycles. The van der Waals surface area contributed by atoms with Gasteiger partial charge in [-0.1, -0.05) is 6.07 Å². The SMILES string of the molecule is CN1C(=O)CC(=NC(=O)/C=C/c2cccs2)N(C)C1=O. The molecule has 2 rings (SSSR count). The van der Waals surface area contributed by atoms with Gasteiger partial charge in [-0.3, -0.25) is 19.4 Å². The van der Waals surface area contributed by atoms with Gasteiger partial charge in [0.1, 0.15) is 5.84 Å². The summed E-state index contributed by atoms with van der Waals surface area (Å²) >= 11 is 1.50. The van der Waals surface area contributed by atoms with Gasteiger partial charge in [-0.25, -0.2) is 4.79 Å². The molecule has 6 nitrogen and oxygen atoms in total. The second kappa shape index (κ2) is 5.79. The summed E-state index contributed by atoms with van der Waals surface area (Å²) in [5.41, 5.74) is 0. The van der Waals surface area contributed by atoms with Gasteiger partial charge in [0, 0.05) is 25.0 Å². The van der Waals surface area contributed by atoms with E-state index in [9.17, 15) is 14.4 Å². The number of amides is 4. The summed E-state index contributed by atoms with van der Waals surface area (Å²) in [6.07, 6.45) is 2.91. The molecule has 1 aromatic rings. The summed E-state index contributed by atoms with van der Waals surface area (Å²) in [6, 6.07) is 3.26. The Balaban J connectivity index is 2.12. The summed E-state index contributed by atoms with van der Waals surface area (Å²) < 4.78 is 0. The number of amidine groups is 1. The number of aliphatic imine (C=N–C) groups is 1. The molecule has 0 spiro atoms. The van der Waals surface area contributed by atoms with Crippen molar-refractivity contribution in [3.05, 3.63) is 28.5 Å². The third-order valence-electron chi connectivity index (χ3n) is 2.82. The number of urea groups is 1. The predicted octanol–water partition coefficient (Wildman–Crippen LogP) is 1.60. The van der Waals surface area contributed by atoms with E-state index in [4.69, 9.17) is 0 Å². The van der Waals surface area contributed by atoms with Crippen molar-refractivity contribution in [1.29, 1.82) is 0 Å². The van der Waals surface area contributed by atoms with Crippen molar-refractivity contribution in [3.8, 4) is 0 Å². The van der Waals surface area contributed by atoms with E-state index in [0.717, 1.165) is 9.78 Å². The molecule has 1 fully saturated rings. The number of imide groups is 1. The first-order chi connectivity index (χ1) is 9.49. The van der Waals surface area contributed by atoms with Crippen LogP contribution in [0.5, 0.6) is 0 Å². The molecule has 0 atom stereocenters. The fourth-order valence-electron chi connectivity index (χ4n) is 1.63. The molecular formula is C13H13N3O3S. The van der Waals surface area contributed by atoms with Gasteiger partial charge < -0.3 is 0 Å². The third-order valence-corrected chi connectivity index (χ3v) is 3.65. The summed E-state index contributed by atoms with van der Waals surface area (Å²) in [4.78, 5) is 41.9. The van der Waals surface area contributed by atoms with Gasteiger partial charge in [0.2, 0.25) is 5.91 Å². The van der Waals surface area contributed by atoms with Gasteiger partial charge in [0.05, 0.1) is 6.42 Å². The van der Waals surface area contributed by atoms with Gasteiger partial charge >= 0.3 is 6.03 Å². The number of carbonyl (C=O) groups is 3. The minimum atomic E-state index is -0.495. The molecule has 7 heteroatoms. The fraction of sp³-hybridized carbons (Fsp3) is 0.231. The topological polar surface area (TPSA) is 70.1 Å². The Labute approximate surface area is 120 Å². The van der Waals surface area contributed by atoms with E-state index in [1.165, 1.54) is 36.4 Å². The Kier molecular flexibility index (Phi) is 4.09. The number of rotatable bonds is 2. The molecule has 0 radical (unpaired) electrons. The summed E-state index contributed by atoms with van der Waals surface area (Å²) in [6.45, 7) is 0. The smallest absolute Gasteiger partial charge is 0.284 e. The van der Waals surface area contributed by atoms with E-state index in [1.807, 2.05) is 17.5 Å². The Morgan fingerprint density at radius 3 is 2.75 bits per heavy atom. The summed E-state index contributed by atoms with van der Waals surface area (Å²) in [7, 11) is 2.89. The van der Waals surface area contributed by atoms with Crippen LogP contribution in [0.3, 0.4) is 0 Å². The number of nitrogens with zero attached hydrogens (tertiary/aromatic N) is 3. The molecule has 0 N–H and O–H groups in total. The number of carbonyl (C=O) groups excluding carboxylic acids is 3. The zero-order valence-electron chi connectivity index (χ0n) is 11.1. The minimum absolute atomic E-state index is 0.0582. The number of hydrogen-bond acceptors (Lipinski definition) is 4. The molecule has 0 saturated carbocycles. The largest absolute Gasteiger partial charge is 0.331 e. The van der Waals surface area contributed by atoms with Crippen molar-refractivity contribution in [1.82, 2.24) is 9.80 Å². The lowest BCUT2D eigenvalue weighted by atomic mass is 10.2. The number of thiophene rings is 1. The van der Waals surface area contributed by atoms with E-state index >= 15 is 0 Å². The van der Waals surface area contributed by atoms with Crippen LogP contribution in [0.4, 0.5) is 4.79 Å². The molecular weight excluding hydrogens is 278 g/mol. The average molecular weight is 291 g/mol. The van der Waals surface area contributed by atoms with E-state index in [2.05, 4.69) is 4.99 Å². The standard InChI is InChI=1S/C13H13N3O3S/c1-15-10(8-12(18)16(2)13(15)19)14-11(17)6-5-9-4-3-7-20-9/h3-7H,8H2,1-2H3/b6-5+,14-10?. The van der Waals surface area contributed by atoms with Crippen LogP contribution < -0.4 is 0 Å². The maximum atomic E-state index is 11.7. The van der Waals surface area contributed by atoms with Crippen molar-refractivity contribution in [2.75, 3.05) is 14.1 Å². The second-order valence-corrected chi connectivity index (χ2v) is 5.17. The highest BCUT2D eigenvalue weighted by Gasteiger charge is 2.31. The van der Waals surface area contributed by atoms with Crippen LogP contribution >= 0.6 is 11.3 Å². The number of hydrogen-bond donors (Lipinski definition) is 0. The van der Waals surface area contributed by atoms with E-state index in [0.29, 0.717) is 0 Å². The van der Waals surface area contributed by atoms with Crippen LogP contribution in [-0.2, 0) is 9.59 Å². The minimum Gasteiger partial charge on any atom is -0.284 e. The molecule has 0 bridgehead atoms. The first-order valence-corrected chi connectivity index (χ1v) is 6.74. The monoisotopic (exact) mass is 291 g/mol. The lowest BCUT2D eigenvalue weighted by Gasteiger charge is -2.29. The van der Waals surface area contributed by atoms with E-state index in [-0.39, 0.29) is 18.2 Å². The molecule has 0 aromatic carbocycles. The molecule has 0 unspecified atom stereocenters. The first-order valence-electron chi connectivity index (χ1n) is 5.86. The van der Waals surface area contributed by atoms with Gasteiger partial charge in [0.15, 0.2) is 0 Å². The van der Waals surface area contributed by atoms with Crippen LogP contribution in [0.15, 0.2) is 28.6 Å². The fourth-order valence-corrected chi connectivity index (χ4v) is 2.25. The molecule has 4 amide bonds. The van der Waals surface area contributed by atoms with Crippen molar-refractivity contribution in [2.45, 2.75) is 6.42 Å². The van der Waals surface area contributed by atoms with E-state index < -0.39 is 11.9 Å². The quantitative estimate of drug-likeness (QED) is 0.777. The Bertz CT molecular complexity index is 604. The highest BCUT2D eigenvalue weighted by molar-refractivity contribution is 7.10. The maximum Gasteiger partial charge on any atom is 0.331 e. The summed E-state index contributed by atoms with van der Waals surface area (Å²) in [5.74, 6) is -0.703. The maximum absolute atomic E-state index is 11.7. The van der Waals surface area contributed by atoms with Crippen molar-refractivity contribution in [2.24, 2.45) is 4.99 Å². The van der Waals surface area contributed by atoms with Crippen LogP contribution in [-0.4, -0.2) is 47.6 Å². The molecule has 0 aliphatic carbocycles. The molecule has 104 valence electrons. The van der Waals surface area contributed by atoms with Crippen LogP contribution in [0.1, 0.15) is 11.3 Å². The Morgan fingerprint density at radius 2 is 2.10 bits per heavy atom. The van der Waals surface area contributed by atoms with Gasteiger partial charge in [-0.05, 0) is 17.5 Å². The third kappa shape index (κ3) is 3.00. The first kappa shape index (κ1) is 14.1. The molecule has 2 heterocycles. The lowest BCUT2D eigenvalue weighted by molar-refractivity contribution is -0.127. The highest BCUT2D eigenvalue weighted by atomic mass is 32.1. The molecule has 1 aliphatic rings. The summed E-state index contributed by atoms with van der Waals surface area (Å²) in [5, 5.41) is 1.90. The van der Waals surface area contributed by atoms with Crippen molar-refractivity contribution in [3.63, 3.8) is 0 Å². The van der Waals surface area contributed by atoms with Crippen LogP contribution in [0.2, 0.25) is 0 Å². The van der Waals surface area contributed by atoms with Gasteiger partial charge in [-0.15, -0.1) is 11.3 Å². The highest BCUT2D eigenvalue weighted by Crippen LogP contribution is 2.12. The van der Waals surface area contributed by atoms with Crippen molar-refractivity contribution < 1.29 is 14.4 Å². The molecule has 1 aromatic heterocycles. The van der Waals surface area contributed by atoms with Crippen LogP contribution in [0.25, 0.3) is 6.08 Å². The zero-order chi connectivity index (χ0) is 14.7. The van der Waals surface area contributed by atoms with Crippen LogP contribution in [0, 0.1) is 0 Å². The second-order valence-electron chi connectivity index (χ2n) is 4.19. The Hall–Kier alpha value is -2.28. The normalized spacial score (nSPS) is 18.4. The molecule has 1 saturated heterocycles. The molecule has 20 heavy (non-hydrogen) atoms. The zero-order valence-corrected chi connectivity index (χ0v) is 11.9.